The number of piperidine rings is 1. The molecule has 0 spiro atoms. The number of halogens is 1. The van der Waals surface area contributed by atoms with Crippen LogP contribution in [0.25, 0.3) is 101 Å². The van der Waals surface area contributed by atoms with Crippen molar-refractivity contribution in [3.8, 4) is 68.3 Å². The number of fused-ring (bicyclic) bond motifs is 3. The number of carbonyl (C=O) groups is 3. The predicted molar refractivity (Wildman–Crippen MR) is 380 cm³/mol. The van der Waals surface area contributed by atoms with E-state index in [1.54, 1.807) is 23.4 Å². The lowest BCUT2D eigenvalue weighted by atomic mass is 9.89. The van der Waals surface area contributed by atoms with E-state index in [-0.39, 0.29) is 34.9 Å². The lowest BCUT2D eigenvalue weighted by molar-refractivity contribution is -0.00431. The number of H-pyrrole nitrogens is 3. The molecule has 2 amide bonds. The topological polar surface area (TPSA) is 318 Å². The maximum absolute atomic E-state index is 14.9. The van der Waals surface area contributed by atoms with Gasteiger partial charge in [-0.2, -0.15) is 0 Å². The Morgan fingerprint density at radius 1 is 0.531 bits per heavy atom. The maximum atomic E-state index is 14.9. The average Bonchev–Trinajstić information content (AvgIpc) is 1.53. The molecule has 3 fully saturated rings. The highest BCUT2D eigenvalue weighted by molar-refractivity contribution is 5.99. The molecule has 0 aliphatic carbocycles. The van der Waals surface area contributed by atoms with Crippen LogP contribution < -0.4 is 22.5 Å². The van der Waals surface area contributed by atoms with Crippen LogP contribution in [0.2, 0.25) is 0 Å². The third kappa shape index (κ3) is 14.3. The smallest absolute Gasteiger partial charge is 0.256 e. The fourth-order valence-electron chi connectivity index (χ4n) is 12.6. The Balaban J connectivity index is 0.000000132. The molecule has 12 aromatic rings. The van der Waals surface area contributed by atoms with Gasteiger partial charge >= 0.3 is 0 Å². The molecule has 0 bridgehead atoms. The molecule has 24 heteroatoms. The van der Waals surface area contributed by atoms with Crippen molar-refractivity contribution in [1.82, 2.24) is 84.9 Å². The second kappa shape index (κ2) is 28.6. The minimum atomic E-state index is -0.589. The second-order valence-electron chi connectivity index (χ2n) is 25.5. The van der Waals surface area contributed by atoms with E-state index >= 15 is 0 Å². The number of aromatic nitrogens is 12. The number of benzene rings is 6. The Hall–Kier alpha value is -11.2. The molecule has 98 heavy (non-hydrogen) atoms. The number of hydrogen-bond acceptors (Lipinski definition) is 18. The minimum absolute atomic E-state index is 0.0524. The van der Waals surface area contributed by atoms with Crippen LogP contribution in [0.1, 0.15) is 76.2 Å². The minimum Gasteiger partial charge on any atom is -0.382 e. The molecule has 498 valence electrons. The number of ketones is 1. The molecular formula is C74H77FN20O3. The van der Waals surface area contributed by atoms with Gasteiger partial charge in [-0.1, -0.05) is 86.6 Å². The largest absolute Gasteiger partial charge is 0.382 e. The standard InChI is InChI=1S/C26H29N7O.C25H26N6O.C23H22FN7O/c1-16-4-9-20-21(14-16)31-26(30-20)23-25(27)28-15-22(29-23)17-5-7-18(8-6-17)24(34)19-10-12-33(13-11-19)32(2)3;1-15(2)18-11-12-31(14-18)25(32)17-9-7-16(8-10-17)21-13-27-23(26)22(28-21)24-29-19-5-3-4-6-20(19)30-24;24-16-12-14(6-7-15(16)23(32)31-10-3-8-26-9-11-31)19-13-27-21(25)20(28-19)22-29-17-4-1-2-5-18(17)30-22/h4-9,14-15,19H,10-13H2,1-3H3,(H2,27,28)(H,30,31);3-10,13,15,18H,11-12,14H2,1-2H3,(H2,26,27)(H,29,30);1-2,4-7,12-13,26H,3,8-11H2,(H2,25,27)(H,29,30)/t;18-;/m.1./s1. The van der Waals surface area contributed by atoms with E-state index in [0.717, 1.165) is 114 Å². The lowest BCUT2D eigenvalue weighted by Gasteiger charge is -2.35. The van der Waals surface area contributed by atoms with Gasteiger partial charge in [-0.05, 0) is 117 Å². The van der Waals surface area contributed by atoms with E-state index in [9.17, 15) is 18.8 Å². The second-order valence-corrected chi connectivity index (χ2v) is 25.5. The maximum Gasteiger partial charge on any atom is 0.256 e. The summed E-state index contributed by atoms with van der Waals surface area (Å²) in [5.74, 6) is 3.16. The van der Waals surface area contributed by atoms with Crippen molar-refractivity contribution in [2.75, 3.05) is 83.7 Å². The molecule has 3 aliphatic rings. The van der Waals surface area contributed by atoms with Crippen LogP contribution in [0.5, 0.6) is 0 Å². The molecule has 15 rings (SSSR count). The predicted octanol–water partition coefficient (Wildman–Crippen LogP) is 11.2. The monoisotopic (exact) mass is 1310 g/mol. The first kappa shape index (κ1) is 65.5. The molecule has 3 saturated heterocycles. The van der Waals surface area contributed by atoms with Crippen molar-refractivity contribution < 1.29 is 18.8 Å². The van der Waals surface area contributed by atoms with Crippen LogP contribution in [0.3, 0.4) is 0 Å². The first-order chi connectivity index (χ1) is 47.5. The number of carbonyl (C=O) groups excluding carboxylic acids is 3. The van der Waals surface area contributed by atoms with Crippen molar-refractivity contribution in [3.63, 3.8) is 0 Å². The normalized spacial score (nSPS) is 15.3. The van der Waals surface area contributed by atoms with Gasteiger partial charge in [-0.25, -0.2) is 59.3 Å². The average molecular weight is 1310 g/mol. The number of anilines is 3. The number of aromatic amines is 3. The fourth-order valence-corrected chi connectivity index (χ4v) is 12.6. The van der Waals surface area contributed by atoms with Crippen LogP contribution in [0.4, 0.5) is 21.8 Å². The van der Waals surface area contributed by atoms with E-state index in [1.807, 2.05) is 141 Å². The molecule has 0 saturated carbocycles. The lowest BCUT2D eigenvalue weighted by Crippen LogP contribution is -2.44. The number of rotatable bonds is 12. The quantitative estimate of drug-likeness (QED) is 0.0559. The zero-order valence-electron chi connectivity index (χ0n) is 55.3. The van der Waals surface area contributed by atoms with Gasteiger partial charge in [0.05, 0.1) is 74.3 Å². The number of hydrogen-bond donors (Lipinski definition) is 7. The highest BCUT2D eigenvalue weighted by Crippen LogP contribution is 2.33. The number of aryl methyl sites for hydroxylation is 1. The van der Waals surface area contributed by atoms with Crippen molar-refractivity contribution >= 4 is 68.2 Å². The molecule has 3 aliphatic heterocycles. The fraction of sp³-hybridized carbons (Fsp3) is 0.270. The highest BCUT2D eigenvalue weighted by atomic mass is 19.1. The summed E-state index contributed by atoms with van der Waals surface area (Å²) in [6, 6.07) is 41.1. The first-order valence-electron chi connectivity index (χ1n) is 33.0. The zero-order valence-corrected chi connectivity index (χ0v) is 55.3. The third-order valence-corrected chi connectivity index (χ3v) is 18.4. The summed E-state index contributed by atoms with van der Waals surface area (Å²) in [6.07, 6.45) is 8.46. The van der Waals surface area contributed by atoms with Crippen molar-refractivity contribution in [1.29, 1.82) is 0 Å². The Bertz CT molecular complexity index is 4810. The molecule has 6 aromatic carbocycles. The molecule has 1 atom stereocenters. The Morgan fingerprint density at radius 3 is 1.56 bits per heavy atom. The number of nitrogens with two attached hydrogens (primary N) is 3. The Morgan fingerprint density at radius 2 is 1.04 bits per heavy atom. The number of Topliss-reactive ketones (excluding diaryl/α,β-unsaturated/α-hetero) is 1. The summed E-state index contributed by atoms with van der Waals surface area (Å²) in [5, 5.41) is 7.61. The number of imidazole rings is 3. The van der Waals surface area contributed by atoms with Crippen LogP contribution >= 0.6 is 0 Å². The van der Waals surface area contributed by atoms with E-state index in [2.05, 4.69) is 79.0 Å². The summed E-state index contributed by atoms with van der Waals surface area (Å²) in [5.41, 5.74) is 31.6. The van der Waals surface area contributed by atoms with E-state index in [4.69, 9.17) is 27.2 Å². The van der Waals surface area contributed by atoms with Crippen molar-refractivity contribution in [2.45, 2.75) is 46.5 Å². The van der Waals surface area contributed by atoms with Crippen molar-refractivity contribution in [2.24, 2.45) is 17.8 Å². The van der Waals surface area contributed by atoms with E-state index in [1.165, 1.54) is 18.3 Å². The van der Waals surface area contributed by atoms with Crippen molar-refractivity contribution in [3.05, 3.63) is 180 Å². The molecule has 0 radical (unpaired) electrons. The van der Waals surface area contributed by atoms with Gasteiger partial charge in [0, 0.05) is 93.6 Å². The number of amides is 2. The van der Waals surface area contributed by atoms with Crippen LogP contribution in [0, 0.1) is 30.5 Å². The number of nitrogens with one attached hydrogen (secondary N) is 4. The Kier molecular flexibility index (Phi) is 19.1. The Labute approximate surface area is 565 Å². The van der Waals surface area contributed by atoms with Gasteiger partial charge in [0.1, 0.15) is 22.9 Å². The first-order valence-corrected chi connectivity index (χ1v) is 33.0. The van der Waals surface area contributed by atoms with Crippen LogP contribution in [0.15, 0.2) is 152 Å². The summed E-state index contributed by atoms with van der Waals surface area (Å²) < 4.78 is 14.9. The van der Waals surface area contributed by atoms with Gasteiger partial charge in [0.15, 0.2) is 40.7 Å². The number of nitrogens with zero attached hydrogens (tertiary/aromatic N) is 13. The number of hydrazine groups is 1. The molecule has 9 heterocycles. The molecule has 6 aromatic heterocycles. The van der Waals surface area contributed by atoms with Crippen LogP contribution in [-0.2, 0) is 0 Å². The van der Waals surface area contributed by atoms with Gasteiger partial charge in [-0.15, -0.1) is 0 Å². The van der Waals surface area contributed by atoms with Gasteiger partial charge in [-0.3, -0.25) is 14.4 Å². The molecular weight excluding hydrogens is 1240 g/mol. The highest BCUT2D eigenvalue weighted by Gasteiger charge is 2.30. The van der Waals surface area contributed by atoms with E-state index < -0.39 is 5.82 Å². The summed E-state index contributed by atoms with van der Waals surface area (Å²) >= 11 is 0. The molecule has 23 nitrogen and oxygen atoms in total. The zero-order chi connectivity index (χ0) is 68.1. The third-order valence-electron chi connectivity index (χ3n) is 18.4. The summed E-state index contributed by atoms with van der Waals surface area (Å²) in [6.45, 7) is 12.7. The number of likely N-dealkylation sites (tertiary alicyclic amines) is 1. The van der Waals surface area contributed by atoms with E-state index in [0.29, 0.717) is 106 Å². The number of para-hydroxylation sites is 4. The summed E-state index contributed by atoms with van der Waals surface area (Å²) in [7, 11) is 4.09. The SMILES string of the molecule is CC(C)[C@@H]1CCN(C(=O)c2ccc(-c3cnc(N)c(-c4nc5ccccc5[nH]4)n3)cc2)C1.Cc1ccc2nc(-c3nc(-c4ccc(C(=O)C5CCN(N(C)C)CC5)cc4)cnc3N)[nH]c2c1.Nc1ncc(-c2ccc(C(=O)N3CCCNCC3)c(F)c2)nc1-c1nc2ccccc2[nH]1. The van der Waals surface area contributed by atoms with Gasteiger partial charge in [0.25, 0.3) is 11.8 Å². The molecule has 0 unspecified atom stereocenters. The van der Waals surface area contributed by atoms with Crippen LogP contribution in [-0.4, -0.2) is 164 Å². The summed E-state index contributed by atoms with van der Waals surface area (Å²) in [4.78, 5) is 92.8. The van der Waals surface area contributed by atoms with Gasteiger partial charge < -0.3 is 47.3 Å². The number of nitrogen functional groups attached to an aromatic ring is 3. The van der Waals surface area contributed by atoms with Gasteiger partial charge in [0.2, 0.25) is 0 Å². The molecule has 10 N–H and O–H groups in total.